The van der Waals surface area contributed by atoms with Crippen LogP contribution in [0, 0.1) is 0 Å². The minimum Gasteiger partial charge on any atom is -0.369 e. The normalized spacial score (nSPS) is 18.6. The van der Waals surface area contributed by atoms with Gasteiger partial charge in [-0.25, -0.2) is 0 Å². The lowest BCUT2D eigenvalue weighted by Crippen LogP contribution is -2.46. The fraction of sp³-hybridized carbons (Fsp3) is 0.562. The Bertz CT molecular complexity index is 455. The van der Waals surface area contributed by atoms with E-state index in [1.807, 2.05) is 12.1 Å². The molecule has 0 aromatic heterocycles. The average molecular weight is 310 g/mol. The molecule has 1 amide bonds. The Balaban J connectivity index is 1.86. The van der Waals surface area contributed by atoms with E-state index in [1.165, 1.54) is 5.56 Å². The van der Waals surface area contributed by atoms with Crippen molar-refractivity contribution in [1.29, 1.82) is 0 Å². The number of benzene rings is 1. The highest BCUT2D eigenvalue weighted by Crippen LogP contribution is 2.22. The third-order valence-corrected chi connectivity index (χ3v) is 4.34. The zero-order chi connectivity index (χ0) is 15.2. The van der Waals surface area contributed by atoms with E-state index in [0.29, 0.717) is 18.6 Å². The molecule has 0 bridgehead atoms. The van der Waals surface area contributed by atoms with Crippen molar-refractivity contribution in [2.24, 2.45) is 5.73 Å². The van der Waals surface area contributed by atoms with Gasteiger partial charge in [0.15, 0.2) is 0 Å². The molecule has 116 valence electrons. The quantitative estimate of drug-likeness (QED) is 0.848. The van der Waals surface area contributed by atoms with Gasteiger partial charge in [0.05, 0.1) is 6.54 Å². The number of hydrogen-bond acceptors (Lipinski definition) is 3. The maximum atomic E-state index is 10.9. The van der Waals surface area contributed by atoms with Crippen molar-refractivity contribution in [1.82, 2.24) is 10.2 Å². The fourth-order valence-corrected chi connectivity index (χ4v) is 3.03. The number of carbonyl (C=O) groups is 1. The molecule has 0 spiro atoms. The predicted octanol–water partition coefficient (Wildman–Crippen LogP) is 2.33. The lowest BCUT2D eigenvalue weighted by atomic mass is 9.99. The summed E-state index contributed by atoms with van der Waals surface area (Å²) in [5, 5.41) is 4.50. The monoisotopic (exact) mass is 309 g/mol. The lowest BCUT2D eigenvalue weighted by Gasteiger charge is -2.34. The van der Waals surface area contributed by atoms with Gasteiger partial charge in [0, 0.05) is 30.2 Å². The molecule has 1 fully saturated rings. The summed E-state index contributed by atoms with van der Waals surface area (Å²) in [6.07, 6.45) is 3.15. The van der Waals surface area contributed by atoms with Crippen LogP contribution in [0.5, 0.6) is 0 Å². The molecule has 21 heavy (non-hydrogen) atoms. The Morgan fingerprint density at radius 3 is 2.52 bits per heavy atom. The SMILES string of the molecule is CCC(NC1CCN(CC(N)=O)CC1)c1ccc(Cl)cc1. The van der Waals surface area contributed by atoms with Crippen molar-refractivity contribution >= 4 is 17.5 Å². The Kier molecular flexibility index (Phi) is 6.03. The van der Waals surface area contributed by atoms with Crippen LogP contribution in [-0.4, -0.2) is 36.5 Å². The molecular weight excluding hydrogens is 286 g/mol. The van der Waals surface area contributed by atoms with E-state index in [4.69, 9.17) is 17.3 Å². The number of carbonyl (C=O) groups excluding carboxylic acids is 1. The van der Waals surface area contributed by atoms with Crippen LogP contribution in [-0.2, 0) is 4.79 Å². The van der Waals surface area contributed by atoms with Crippen LogP contribution >= 0.6 is 11.6 Å². The van der Waals surface area contributed by atoms with Crippen LogP contribution in [0.2, 0.25) is 5.02 Å². The Morgan fingerprint density at radius 2 is 2.00 bits per heavy atom. The molecule has 0 saturated carbocycles. The summed E-state index contributed by atoms with van der Waals surface area (Å²) in [6, 6.07) is 8.91. The number of nitrogens with one attached hydrogen (secondary N) is 1. The van der Waals surface area contributed by atoms with Gasteiger partial charge >= 0.3 is 0 Å². The van der Waals surface area contributed by atoms with Crippen LogP contribution in [0.4, 0.5) is 0 Å². The van der Waals surface area contributed by atoms with Gasteiger partial charge in [-0.1, -0.05) is 30.7 Å². The summed E-state index contributed by atoms with van der Waals surface area (Å²) < 4.78 is 0. The molecule has 0 aliphatic carbocycles. The molecule has 1 aromatic rings. The molecule has 5 heteroatoms. The molecule has 1 saturated heterocycles. The predicted molar refractivity (Wildman–Crippen MR) is 86.3 cm³/mol. The molecule has 1 unspecified atom stereocenters. The number of nitrogens with two attached hydrogens (primary N) is 1. The number of piperidine rings is 1. The maximum absolute atomic E-state index is 10.9. The van der Waals surface area contributed by atoms with Gasteiger partial charge in [-0.3, -0.25) is 9.69 Å². The summed E-state index contributed by atoms with van der Waals surface area (Å²) in [4.78, 5) is 13.1. The number of halogens is 1. The van der Waals surface area contributed by atoms with E-state index in [-0.39, 0.29) is 5.91 Å². The van der Waals surface area contributed by atoms with Gasteiger partial charge in [0.1, 0.15) is 0 Å². The molecule has 1 aliphatic heterocycles. The maximum Gasteiger partial charge on any atom is 0.231 e. The summed E-state index contributed by atoms with van der Waals surface area (Å²) in [5.74, 6) is -0.242. The first-order valence-electron chi connectivity index (χ1n) is 7.60. The first kappa shape index (κ1) is 16.3. The third-order valence-electron chi connectivity index (χ3n) is 4.08. The van der Waals surface area contributed by atoms with Crippen molar-refractivity contribution in [3.63, 3.8) is 0 Å². The average Bonchev–Trinajstić information content (AvgIpc) is 2.47. The van der Waals surface area contributed by atoms with Gasteiger partial charge < -0.3 is 11.1 Å². The molecule has 1 heterocycles. The summed E-state index contributed by atoms with van der Waals surface area (Å²) in [5.41, 5.74) is 6.52. The lowest BCUT2D eigenvalue weighted by molar-refractivity contribution is -0.119. The van der Waals surface area contributed by atoms with Crippen LogP contribution in [0.3, 0.4) is 0 Å². The number of rotatable bonds is 6. The van der Waals surface area contributed by atoms with Crippen molar-refractivity contribution in [3.05, 3.63) is 34.9 Å². The molecular formula is C16H24ClN3O. The van der Waals surface area contributed by atoms with E-state index in [2.05, 4.69) is 29.3 Å². The van der Waals surface area contributed by atoms with Crippen molar-refractivity contribution in [3.8, 4) is 0 Å². The first-order chi connectivity index (χ1) is 10.1. The van der Waals surface area contributed by atoms with Gasteiger partial charge in [0.2, 0.25) is 5.91 Å². The molecule has 3 N–H and O–H groups in total. The number of hydrogen-bond donors (Lipinski definition) is 2. The second kappa shape index (κ2) is 7.78. The first-order valence-corrected chi connectivity index (χ1v) is 7.98. The molecule has 2 rings (SSSR count). The summed E-state index contributed by atoms with van der Waals surface area (Å²) in [6.45, 7) is 4.42. The standard InChI is InChI=1S/C16H24ClN3O/c1-2-15(12-3-5-13(17)6-4-12)19-14-7-9-20(10-8-14)11-16(18)21/h3-6,14-15,19H,2,7-11H2,1H3,(H2,18,21). The van der Waals surface area contributed by atoms with Crippen LogP contribution < -0.4 is 11.1 Å². The van der Waals surface area contributed by atoms with Gasteiger partial charge in [-0.2, -0.15) is 0 Å². The molecule has 0 radical (unpaired) electrons. The minimum atomic E-state index is -0.242. The van der Waals surface area contributed by atoms with E-state index < -0.39 is 0 Å². The Labute approximate surface area is 131 Å². The van der Waals surface area contributed by atoms with Crippen LogP contribution in [0.1, 0.15) is 37.8 Å². The van der Waals surface area contributed by atoms with E-state index >= 15 is 0 Å². The number of primary amides is 1. The minimum absolute atomic E-state index is 0.242. The summed E-state index contributed by atoms with van der Waals surface area (Å²) in [7, 11) is 0. The number of amides is 1. The molecule has 1 aliphatic rings. The summed E-state index contributed by atoms with van der Waals surface area (Å²) >= 11 is 5.95. The third kappa shape index (κ3) is 4.99. The number of nitrogens with zero attached hydrogens (tertiary/aromatic N) is 1. The van der Waals surface area contributed by atoms with Crippen molar-refractivity contribution in [2.45, 2.75) is 38.3 Å². The number of likely N-dealkylation sites (tertiary alicyclic amines) is 1. The molecule has 1 aromatic carbocycles. The van der Waals surface area contributed by atoms with E-state index in [1.54, 1.807) is 0 Å². The van der Waals surface area contributed by atoms with Gasteiger partial charge in [0.25, 0.3) is 0 Å². The molecule has 4 nitrogen and oxygen atoms in total. The molecule has 1 atom stereocenters. The van der Waals surface area contributed by atoms with Crippen molar-refractivity contribution < 1.29 is 4.79 Å². The highest BCUT2D eigenvalue weighted by Gasteiger charge is 2.22. The highest BCUT2D eigenvalue weighted by atomic mass is 35.5. The van der Waals surface area contributed by atoms with Gasteiger partial charge in [-0.05, 0) is 37.0 Å². The zero-order valence-electron chi connectivity index (χ0n) is 12.5. The second-order valence-electron chi connectivity index (χ2n) is 5.70. The Morgan fingerprint density at radius 1 is 1.38 bits per heavy atom. The van der Waals surface area contributed by atoms with E-state index in [0.717, 1.165) is 37.4 Å². The smallest absolute Gasteiger partial charge is 0.231 e. The Hall–Kier alpha value is -1.10. The second-order valence-corrected chi connectivity index (χ2v) is 6.13. The largest absolute Gasteiger partial charge is 0.369 e. The van der Waals surface area contributed by atoms with Gasteiger partial charge in [-0.15, -0.1) is 0 Å². The zero-order valence-corrected chi connectivity index (χ0v) is 13.3. The van der Waals surface area contributed by atoms with E-state index in [9.17, 15) is 4.79 Å². The van der Waals surface area contributed by atoms with Crippen LogP contribution in [0.25, 0.3) is 0 Å². The topological polar surface area (TPSA) is 58.4 Å². The fourth-order valence-electron chi connectivity index (χ4n) is 2.91. The highest BCUT2D eigenvalue weighted by molar-refractivity contribution is 6.30. The van der Waals surface area contributed by atoms with Crippen LogP contribution in [0.15, 0.2) is 24.3 Å². The van der Waals surface area contributed by atoms with Crippen molar-refractivity contribution in [2.75, 3.05) is 19.6 Å².